The normalized spacial score (nSPS) is 22.8. The fourth-order valence-corrected chi connectivity index (χ4v) is 2.90. The van der Waals surface area contributed by atoms with E-state index >= 15 is 0 Å². The number of amides is 1. The van der Waals surface area contributed by atoms with E-state index in [9.17, 15) is 14.7 Å². The number of aliphatic hydroxyl groups excluding tert-OH is 1. The summed E-state index contributed by atoms with van der Waals surface area (Å²) < 4.78 is 4.74. The number of esters is 1. The van der Waals surface area contributed by atoms with Crippen LogP contribution in [0.4, 0.5) is 0 Å². The fourth-order valence-electron chi connectivity index (χ4n) is 2.90. The SMILES string of the molecule is COC(=O)C1CCN(C(=O)CN2CCC(O)CC2)CC1. The zero-order chi connectivity index (χ0) is 14.5. The minimum Gasteiger partial charge on any atom is -0.469 e. The van der Waals surface area contributed by atoms with Crippen molar-refractivity contribution in [3.63, 3.8) is 0 Å². The van der Waals surface area contributed by atoms with Crippen LogP contribution in [0.15, 0.2) is 0 Å². The first kappa shape index (κ1) is 15.3. The van der Waals surface area contributed by atoms with Gasteiger partial charge in [0.15, 0.2) is 0 Å². The summed E-state index contributed by atoms with van der Waals surface area (Å²) in [6.07, 6.45) is 2.67. The molecule has 2 fully saturated rings. The molecular weight excluding hydrogens is 260 g/mol. The van der Waals surface area contributed by atoms with Gasteiger partial charge in [0.2, 0.25) is 5.91 Å². The smallest absolute Gasteiger partial charge is 0.308 e. The molecule has 2 saturated heterocycles. The third-order valence-corrected chi connectivity index (χ3v) is 4.30. The molecule has 2 aliphatic heterocycles. The van der Waals surface area contributed by atoms with Crippen molar-refractivity contribution in [2.24, 2.45) is 5.92 Å². The van der Waals surface area contributed by atoms with Crippen LogP contribution >= 0.6 is 0 Å². The van der Waals surface area contributed by atoms with Gasteiger partial charge >= 0.3 is 5.97 Å². The second kappa shape index (κ2) is 7.04. The Hall–Kier alpha value is -1.14. The Kier molecular flexibility index (Phi) is 5.37. The van der Waals surface area contributed by atoms with Crippen LogP contribution in [0.3, 0.4) is 0 Å². The molecule has 20 heavy (non-hydrogen) atoms. The van der Waals surface area contributed by atoms with Gasteiger partial charge in [-0.1, -0.05) is 0 Å². The summed E-state index contributed by atoms with van der Waals surface area (Å²) in [5.74, 6) is -0.0963. The number of hydrogen-bond acceptors (Lipinski definition) is 5. The predicted molar refractivity (Wildman–Crippen MR) is 73.0 cm³/mol. The number of nitrogens with zero attached hydrogens (tertiary/aromatic N) is 2. The van der Waals surface area contributed by atoms with Crippen molar-refractivity contribution >= 4 is 11.9 Å². The van der Waals surface area contributed by atoms with E-state index in [2.05, 4.69) is 4.90 Å². The molecule has 114 valence electrons. The topological polar surface area (TPSA) is 70.1 Å². The lowest BCUT2D eigenvalue weighted by molar-refractivity contribution is -0.149. The van der Waals surface area contributed by atoms with Crippen molar-refractivity contribution in [2.45, 2.75) is 31.8 Å². The molecule has 2 heterocycles. The Morgan fingerprint density at radius 3 is 2.25 bits per heavy atom. The summed E-state index contributed by atoms with van der Waals surface area (Å²) in [5, 5.41) is 9.45. The molecule has 6 heteroatoms. The summed E-state index contributed by atoms with van der Waals surface area (Å²) >= 11 is 0. The second-order valence-corrected chi connectivity index (χ2v) is 5.69. The van der Waals surface area contributed by atoms with Gasteiger partial charge < -0.3 is 14.7 Å². The molecule has 1 N–H and O–H groups in total. The van der Waals surface area contributed by atoms with Gasteiger partial charge in [-0.2, -0.15) is 0 Å². The standard InChI is InChI=1S/C14H24N2O4/c1-20-14(19)11-2-8-16(9-3-11)13(18)10-15-6-4-12(17)5-7-15/h11-12,17H,2-10H2,1H3. The average molecular weight is 284 g/mol. The van der Waals surface area contributed by atoms with E-state index < -0.39 is 0 Å². The van der Waals surface area contributed by atoms with E-state index in [1.165, 1.54) is 7.11 Å². The van der Waals surface area contributed by atoms with Crippen LogP contribution in [0.5, 0.6) is 0 Å². The molecule has 0 aliphatic carbocycles. The van der Waals surface area contributed by atoms with E-state index in [-0.39, 0.29) is 23.9 Å². The van der Waals surface area contributed by atoms with E-state index in [0.717, 1.165) is 25.9 Å². The van der Waals surface area contributed by atoms with Crippen LogP contribution in [0, 0.1) is 5.92 Å². The Bertz CT molecular complexity index is 345. The van der Waals surface area contributed by atoms with Crippen molar-refractivity contribution in [1.29, 1.82) is 0 Å². The lowest BCUT2D eigenvalue weighted by Crippen LogP contribution is -2.47. The van der Waals surface area contributed by atoms with Crippen LogP contribution in [0.2, 0.25) is 0 Å². The van der Waals surface area contributed by atoms with Gasteiger partial charge in [-0.25, -0.2) is 0 Å². The minimum atomic E-state index is -0.211. The maximum Gasteiger partial charge on any atom is 0.308 e. The number of carbonyl (C=O) groups excluding carboxylic acids is 2. The lowest BCUT2D eigenvalue weighted by Gasteiger charge is -2.34. The number of aliphatic hydroxyl groups is 1. The third-order valence-electron chi connectivity index (χ3n) is 4.30. The van der Waals surface area contributed by atoms with Gasteiger partial charge in [-0.05, 0) is 25.7 Å². The first-order chi connectivity index (χ1) is 9.60. The molecule has 0 aromatic heterocycles. The highest BCUT2D eigenvalue weighted by Gasteiger charge is 2.29. The fraction of sp³-hybridized carbons (Fsp3) is 0.857. The number of ether oxygens (including phenoxy) is 1. The van der Waals surface area contributed by atoms with Gasteiger partial charge in [0, 0.05) is 26.2 Å². The van der Waals surface area contributed by atoms with E-state index in [0.29, 0.717) is 32.5 Å². The van der Waals surface area contributed by atoms with Crippen LogP contribution in [-0.4, -0.2) is 72.7 Å². The number of likely N-dealkylation sites (tertiary alicyclic amines) is 2. The summed E-state index contributed by atoms with van der Waals surface area (Å²) in [4.78, 5) is 27.6. The number of methoxy groups -OCH3 is 1. The number of carbonyl (C=O) groups is 2. The Morgan fingerprint density at radius 2 is 1.70 bits per heavy atom. The monoisotopic (exact) mass is 284 g/mol. The van der Waals surface area contributed by atoms with Crippen molar-refractivity contribution in [2.75, 3.05) is 39.8 Å². The van der Waals surface area contributed by atoms with E-state index in [4.69, 9.17) is 4.74 Å². The first-order valence-electron chi connectivity index (χ1n) is 7.36. The van der Waals surface area contributed by atoms with Crippen molar-refractivity contribution < 1.29 is 19.4 Å². The zero-order valence-corrected chi connectivity index (χ0v) is 12.1. The average Bonchev–Trinajstić information content (AvgIpc) is 2.49. The quantitative estimate of drug-likeness (QED) is 0.730. The molecule has 0 radical (unpaired) electrons. The van der Waals surface area contributed by atoms with Crippen LogP contribution < -0.4 is 0 Å². The third kappa shape index (κ3) is 3.93. The summed E-state index contributed by atoms with van der Waals surface area (Å²) in [7, 11) is 1.41. The van der Waals surface area contributed by atoms with Crippen molar-refractivity contribution in [3.05, 3.63) is 0 Å². The maximum atomic E-state index is 12.2. The van der Waals surface area contributed by atoms with Crippen LogP contribution in [-0.2, 0) is 14.3 Å². The molecule has 0 spiro atoms. The van der Waals surface area contributed by atoms with Gasteiger partial charge in [0.05, 0.1) is 25.7 Å². The lowest BCUT2D eigenvalue weighted by atomic mass is 9.97. The van der Waals surface area contributed by atoms with Gasteiger partial charge in [-0.15, -0.1) is 0 Å². The Labute approximate surface area is 119 Å². The van der Waals surface area contributed by atoms with Crippen LogP contribution in [0.25, 0.3) is 0 Å². The molecule has 0 aromatic carbocycles. The molecule has 6 nitrogen and oxygen atoms in total. The summed E-state index contributed by atoms with van der Waals surface area (Å²) in [6.45, 7) is 3.26. The van der Waals surface area contributed by atoms with Gasteiger partial charge in [0.1, 0.15) is 0 Å². The van der Waals surface area contributed by atoms with Crippen LogP contribution in [0.1, 0.15) is 25.7 Å². The highest BCUT2D eigenvalue weighted by molar-refractivity contribution is 5.79. The number of piperidine rings is 2. The molecule has 0 bridgehead atoms. The zero-order valence-electron chi connectivity index (χ0n) is 12.1. The first-order valence-corrected chi connectivity index (χ1v) is 7.36. The predicted octanol–water partition coefficient (Wildman–Crippen LogP) is -0.145. The molecule has 0 aromatic rings. The largest absolute Gasteiger partial charge is 0.469 e. The Morgan fingerprint density at radius 1 is 1.10 bits per heavy atom. The Balaban J connectivity index is 1.73. The molecule has 0 unspecified atom stereocenters. The van der Waals surface area contributed by atoms with Crippen molar-refractivity contribution in [3.8, 4) is 0 Å². The molecule has 0 atom stereocenters. The maximum absolute atomic E-state index is 12.2. The van der Waals surface area contributed by atoms with Gasteiger partial charge in [-0.3, -0.25) is 14.5 Å². The van der Waals surface area contributed by atoms with E-state index in [1.807, 2.05) is 4.90 Å². The molecule has 2 aliphatic rings. The second-order valence-electron chi connectivity index (χ2n) is 5.69. The molecular formula is C14H24N2O4. The number of rotatable bonds is 3. The molecule has 1 amide bonds. The van der Waals surface area contributed by atoms with E-state index in [1.54, 1.807) is 0 Å². The highest BCUT2D eigenvalue weighted by atomic mass is 16.5. The highest BCUT2D eigenvalue weighted by Crippen LogP contribution is 2.19. The minimum absolute atomic E-state index is 0.0609. The molecule has 2 rings (SSSR count). The number of hydrogen-bond donors (Lipinski definition) is 1. The summed E-state index contributed by atoms with van der Waals surface area (Å²) in [6, 6.07) is 0. The molecule has 0 saturated carbocycles. The van der Waals surface area contributed by atoms with Gasteiger partial charge in [0.25, 0.3) is 0 Å². The summed E-state index contributed by atoms with van der Waals surface area (Å²) in [5.41, 5.74) is 0. The van der Waals surface area contributed by atoms with Crippen molar-refractivity contribution in [1.82, 2.24) is 9.80 Å².